The molecule has 2 rings (SSSR count). The molecule has 0 radical (unpaired) electrons. The van der Waals surface area contributed by atoms with Crippen LogP contribution in [-0.2, 0) is 6.54 Å². The lowest BCUT2D eigenvalue weighted by Gasteiger charge is -2.03. The fourth-order valence-electron chi connectivity index (χ4n) is 1.38. The maximum Gasteiger partial charge on any atom is 0.328 e. The van der Waals surface area contributed by atoms with Gasteiger partial charge in [-0.05, 0) is 25.4 Å². The van der Waals surface area contributed by atoms with Gasteiger partial charge in [-0.1, -0.05) is 11.3 Å². The average molecular weight is 259 g/mol. The molecule has 0 aliphatic carbocycles. The number of halogens is 1. The summed E-state index contributed by atoms with van der Waals surface area (Å²) in [5.41, 5.74) is -0.0404. The van der Waals surface area contributed by atoms with Gasteiger partial charge in [0.15, 0.2) is 0 Å². The monoisotopic (exact) mass is 258 g/mol. The molecule has 0 fully saturated rings. The lowest BCUT2D eigenvalue weighted by atomic mass is 10.4. The van der Waals surface area contributed by atoms with E-state index in [0.29, 0.717) is 11.0 Å². The van der Waals surface area contributed by atoms with Crippen LogP contribution in [0.5, 0.6) is 0 Å². The number of rotatable bonds is 3. The molecule has 0 aliphatic rings. The van der Waals surface area contributed by atoms with Crippen LogP contribution in [0.15, 0.2) is 17.2 Å². The van der Waals surface area contributed by atoms with Gasteiger partial charge in [0.2, 0.25) is 4.47 Å². The van der Waals surface area contributed by atoms with E-state index in [1.165, 1.54) is 11.3 Å². The second-order valence-electron chi connectivity index (χ2n) is 3.66. The summed E-state index contributed by atoms with van der Waals surface area (Å²) < 4.78 is 3.66. The number of hydrogen-bond acceptors (Lipinski definition) is 4. The summed E-state index contributed by atoms with van der Waals surface area (Å²) in [6, 6.07) is 0.159. The molecule has 2 aromatic heterocycles. The van der Waals surface area contributed by atoms with E-state index >= 15 is 0 Å². The third-order valence-electron chi connectivity index (χ3n) is 2.18. The third kappa shape index (κ3) is 2.17. The Morgan fingerprint density at radius 3 is 2.69 bits per heavy atom. The van der Waals surface area contributed by atoms with Crippen LogP contribution in [0.4, 0.5) is 0 Å². The first-order chi connectivity index (χ1) is 7.58. The molecule has 0 spiro atoms. The zero-order valence-electron chi connectivity index (χ0n) is 8.92. The highest BCUT2D eigenvalue weighted by molar-refractivity contribution is 7.15. The summed E-state index contributed by atoms with van der Waals surface area (Å²) in [4.78, 5) is 11.9. The summed E-state index contributed by atoms with van der Waals surface area (Å²) >= 11 is 6.96. The Balaban J connectivity index is 2.26. The molecular weight excluding hydrogens is 248 g/mol. The van der Waals surface area contributed by atoms with E-state index in [1.807, 2.05) is 13.8 Å². The van der Waals surface area contributed by atoms with E-state index in [0.717, 1.165) is 5.01 Å². The van der Waals surface area contributed by atoms with Gasteiger partial charge in [0.1, 0.15) is 5.01 Å². The molecule has 5 nitrogen and oxygen atoms in total. The van der Waals surface area contributed by atoms with Gasteiger partial charge in [0, 0.05) is 18.4 Å². The van der Waals surface area contributed by atoms with Gasteiger partial charge in [-0.3, -0.25) is 9.13 Å². The van der Waals surface area contributed by atoms with Crippen molar-refractivity contribution in [3.8, 4) is 0 Å². The Labute approximate surface area is 101 Å². The first kappa shape index (κ1) is 11.3. The minimum absolute atomic E-state index is 0.0404. The van der Waals surface area contributed by atoms with Crippen molar-refractivity contribution < 1.29 is 0 Å². The van der Waals surface area contributed by atoms with E-state index in [-0.39, 0.29) is 11.7 Å². The van der Waals surface area contributed by atoms with Gasteiger partial charge in [-0.2, -0.15) is 0 Å². The Bertz CT molecular complexity index is 542. The summed E-state index contributed by atoms with van der Waals surface area (Å²) in [6.07, 6.45) is 3.52. The molecular formula is C9H11ClN4OS. The molecule has 2 aromatic rings. The predicted molar refractivity (Wildman–Crippen MR) is 63.1 cm³/mol. The first-order valence-electron chi connectivity index (χ1n) is 4.83. The highest BCUT2D eigenvalue weighted by atomic mass is 35.5. The van der Waals surface area contributed by atoms with Crippen LogP contribution in [0.2, 0.25) is 4.47 Å². The van der Waals surface area contributed by atoms with Gasteiger partial charge in [-0.15, -0.1) is 10.2 Å². The normalized spacial score (nSPS) is 11.2. The lowest BCUT2D eigenvalue weighted by Crippen LogP contribution is -2.25. The largest absolute Gasteiger partial charge is 0.328 e. The molecule has 0 atom stereocenters. The van der Waals surface area contributed by atoms with Gasteiger partial charge >= 0.3 is 5.69 Å². The zero-order chi connectivity index (χ0) is 11.7. The Morgan fingerprint density at radius 2 is 2.19 bits per heavy atom. The quantitative estimate of drug-likeness (QED) is 0.843. The van der Waals surface area contributed by atoms with Crippen LogP contribution in [0.3, 0.4) is 0 Å². The van der Waals surface area contributed by atoms with Crippen molar-refractivity contribution >= 4 is 22.9 Å². The van der Waals surface area contributed by atoms with Crippen LogP contribution >= 0.6 is 22.9 Å². The Hall–Kier alpha value is -1.14. The van der Waals surface area contributed by atoms with Crippen molar-refractivity contribution in [2.75, 3.05) is 0 Å². The SMILES string of the molecule is CC(C)n1ccn(Cc2nnc(Cl)s2)c1=O. The minimum atomic E-state index is -0.0404. The van der Waals surface area contributed by atoms with Crippen LogP contribution in [0.25, 0.3) is 0 Å². The molecule has 0 N–H and O–H groups in total. The summed E-state index contributed by atoms with van der Waals surface area (Å²) in [6.45, 7) is 4.35. The van der Waals surface area contributed by atoms with Crippen LogP contribution in [0.1, 0.15) is 24.9 Å². The van der Waals surface area contributed by atoms with E-state index in [1.54, 1.807) is 21.5 Å². The number of imidazole rings is 1. The molecule has 7 heteroatoms. The summed E-state index contributed by atoms with van der Waals surface area (Å²) in [5, 5.41) is 8.30. The third-order valence-corrected chi connectivity index (χ3v) is 3.18. The smallest absolute Gasteiger partial charge is 0.297 e. The minimum Gasteiger partial charge on any atom is -0.297 e. The maximum absolute atomic E-state index is 11.9. The molecule has 86 valence electrons. The van der Waals surface area contributed by atoms with Crippen molar-refractivity contribution in [3.05, 3.63) is 32.4 Å². The Morgan fingerprint density at radius 1 is 1.44 bits per heavy atom. The second kappa shape index (κ2) is 4.39. The predicted octanol–water partition coefficient (Wildman–Crippen LogP) is 1.78. The van der Waals surface area contributed by atoms with Crippen molar-refractivity contribution in [2.45, 2.75) is 26.4 Å². The van der Waals surface area contributed by atoms with Gasteiger partial charge in [0.05, 0.1) is 6.54 Å². The van der Waals surface area contributed by atoms with Crippen molar-refractivity contribution in [3.63, 3.8) is 0 Å². The molecule has 0 unspecified atom stereocenters. The standard InChI is InChI=1S/C9H11ClN4OS/c1-6(2)14-4-3-13(9(14)15)5-7-11-12-8(10)16-7/h3-4,6H,5H2,1-2H3. The van der Waals surface area contributed by atoms with E-state index in [2.05, 4.69) is 10.2 Å². The van der Waals surface area contributed by atoms with E-state index in [9.17, 15) is 4.79 Å². The first-order valence-corrected chi connectivity index (χ1v) is 6.02. The van der Waals surface area contributed by atoms with Crippen molar-refractivity contribution in [1.82, 2.24) is 19.3 Å². The maximum atomic E-state index is 11.9. The van der Waals surface area contributed by atoms with Crippen molar-refractivity contribution in [1.29, 1.82) is 0 Å². The molecule has 2 heterocycles. The fourth-order valence-corrected chi connectivity index (χ4v) is 2.25. The summed E-state index contributed by atoms with van der Waals surface area (Å²) in [7, 11) is 0. The topological polar surface area (TPSA) is 52.7 Å². The van der Waals surface area contributed by atoms with E-state index < -0.39 is 0 Å². The number of aromatic nitrogens is 4. The fraction of sp³-hybridized carbons (Fsp3) is 0.444. The second-order valence-corrected chi connectivity index (χ2v) is 5.30. The molecule has 0 amide bonds. The highest BCUT2D eigenvalue weighted by Gasteiger charge is 2.08. The van der Waals surface area contributed by atoms with Crippen LogP contribution in [0, 0.1) is 0 Å². The number of hydrogen-bond donors (Lipinski definition) is 0. The molecule has 0 saturated heterocycles. The molecule has 0 bridgehead atoms. The van der Waals surface area contributed by atoms with Gasteiger partial charge in [0.25, 0.3) is 0 Å². The summed E-state index contributed by atoms with van der Waals surface area (Å²) in [5.74, 6) is 0. The van der Waals surface area contributed by atoms with Gasteiger partial charge in [-0.25, -0.2) is 4.79 Å². The van der Waals surface area contributed by atoms with E-state index in [4.69, 9.17) is 11.6 Å². The average Bonchev–Trinajstić information content (AvgIpc) is 2.76. The van der Waals surface area contributed by atoms with Crippen LogP contribution < -0.4 is 5.69 Å². The molecule has 0 aliphatic heterocycles. The Kier molecular flexibility index (Phi) is 3.11. The number of nitrogens with zero attached hydrogens (tertiary/aromatic N) is 4. The molecule has 0 saturated carbocycles. The van der Waals surface area contributed by atoms with Crippen molar-refractivity contribution in [2.24, 2.45) is 0 Å². The lowest BCUT2D eigenvalue weighted by molar-refractivity contribution is 0.560. The van der Waals surface area contributed by atoms with Gasteiger partial charge < -0.3 is 0 Å². The highest BCUT2D eigenvalue weighted by Crippen LogP contribution is 2.15. The molecule has 0 aromatic carbocycles. The van der Waals surface area contributed by atoms with Crippen LogP contribution in [-0.4, -0.2) is 19.3 Å². The molecule has 16 heavy (non-hydrogen) atoms. The zero-order valence-corrected chi connectivity index (χ0v) is 10.5.